The molecule has 0 aromatic heterocycles. The van der Waals surface area contributed by atoms with E-state index >= 15 is 0 Å². The zero-order valence-electron chi connectivity index (χ0n) is 14.5. The highest BCUT2D eigenvalue weighted by molar-refractivity contribution is 9.10. The summed E-state index contributed by atoms with van der Waals surface area (Å²) in [6.45, 7) is 2.82. The monoisotopic (exact) mass is 413 g/mol. The zero-order valence-corrected chi connectivity index (χ0v) is 16.1. The van der Waals surface area contributed by atoms with Gasteiger partial charge in [0.05, 0.1) is 0 Å². The third-order valence-corrected chi connectivity index (χ3v) is 4.84. The van der Waals surface area contributed by atoms with Crippen LogP contribution in [0.5, 0.6) is 0 Å². The predicted molar refractivity (Wildman–Crippen MR) is 104 cm³/mol. The number of ether oxygens (including phenoxy) is 1. The Morgan fingerprint density at radius 2 is 1.92 bits per heavy atom. The Morgan fingerprint density at radius 1 is 1.15 bits per heavy atom. The molecule has 0 saturated heterocycles. The van der Waals surface area contributed by atoms with Crippen molar-refractivity contribution >= 4 is 33.9 Å². The maximum atomic E-state index is 12.6. The van der Waals surface area contributed by atoms with Gasteiger partial charge in [0.2, 0.25) is 0 Å². The Labute approximate surface area is 161 Å². The summed E-state index contributed by atoms with van der Waals surface area (Å²) in [7, 11) is 0. The van der Waals surface area contributed by atoms with Crippen LogP contribution in [0, 0.1) is 0 Å². The van der Waals surface area contributed by atoms with Crippen LogP contribution in [0.1, 0.15) is 23.6 Å². The van der Waals surface area contributed by atoms with Crippen molar-refractivity contribution in [1.82, 2.24) is 4.90 Å². The van der Waals surface area contributed by atoms with Crippen molar-refractivity contribution in [2.24, 2.45) is 0 Å². The molecule has 5 heteroatoms. The van der Waals surface area contributed by atoms with Crippen LogP contribution in [0.15, 0.2) is 59.1 Å². The van der Waals surface area contributed by atoms with E-state index in [-0.39, 0.29) is 5.91 Å². The molecule has 1 heterocycles. The quantitative estimate of drug-likeness (QED) is 0.562. The Bertz CT molecular complexity index is 847. The molecule has 0 spiro atoms. The van der Waals surface area contributed by atoms with E-state index in [0.717, 1.165) is 22.0 Å². The van der Waals surface area contributed by atoms with Crippen LogP contribution in [-0.2, 0) is 27.3 Å². The Hall–Kier alpha value is -2.40. The number of carbonyl (C=O) groups is 2. The number of esters is 1. The number of benzene rings is 2. The van der Waals surface area contributed by atoms with Crippen molar-refractivity contribution in [2.45, 2.75) is 26.0 Å². The Morgan fingerprint density at radius 3 is 2.69 bits per heavy atom. The van der Waals surface area contributed by atoms with Gasteiger partial charge in [0.25, 0.3) is 5.91 Å². The second kappa shape index (κ2) is 8.32. The molecule has 1 amide bonds. The molecule has 26 heavy (non-hydrogen) atoms. The summed E-state index contributed by atoms with van der Waals surface area (Å²) in [6, 6.07) is 15.7. The number of fused-ring (bicyclic) bond motifs is 1. The van der Waals surface area contributed by atoms with E-state index in [9.17, 15) is 9.59 Å². The largest absolute Gasteiger partial charge is 0.449 e. The first-order chi connectivity index (χ1) is 12.5. The van der Waals surface area contributed by atoms with Crippen LogP contribution in [0.4, 0.5) is 0 Å². The Kier molecular flexibility index (Phi) is 5.89. The summed E-state index contributed by atoms with van der Waals surface area (Å²) >= 11 is 3.38. The molecule has 2 aromatic carbocycles. The zero-order chi connectivity index (χ0) is 18.5. The van der Waals surface area contributed by atoms with Gasteiger partial charge in [-0.25, -0.2) is 4.79 Å². The van der Waals surface area contributed by atoms with Gasteiger partial charge in [-0.1, -0.05) is 52.3 Å². The third kappa shape index (κ3) is 4.61. The van der Waals surface area contributed by atoms with Crippen LogP contribution in [-0.4, -0.2) is 29.4 Å². The highest BCUT2D eigenvalue weighted by atomic mass is 79.9. The van der Waals surface area contributed by atoms with E-state index in [1.807, 2.05) is 42.5 Å². The number of halogens is 1. The maximum Gasteiger partial charge on any atom is 0.331 e. The normalized spacial score (nSPS) is 14.8. The van der Waals surface area contributed by atoms with E-state index < -0.39 is 12.1 Å². The molecule has 0 N–H and O–H groups in total. The van der Waals surface area contributed by atoms with Crippen molar-refractivity contribution in [3.8, 4) is 0 Å². The van der Waals surface area contributed by atoms with Crippen molar-refractivity contribution in [3.05, 3.63) is 75.8 Å². The topological polar surface area (TPSA) is 46.6 Å². The van der Waals surface area contributed by atoms with Gasteiger partial charge in [-0.05, 0) is 48.2 Å². The first kappa shape index (κ1) is 18.4. The minimum atomic E-state index is -0.806. The fourth-order valence-electron chi connectivity index (χ4n) is 2.98. The van der Waals surface area contributed by atoms with Crippen LogP contribution in [0.3, 0.4) is 0 Å². The van der Waals surface area contributed by atoms with Gasteiger partial charge in [0.15, 0.2) is 6.10 Å². The van der Waals surface area contributed by atoms with Crippen molar-refractivity contribution in [1.29, 1.82) is 0 Å². The number of hydrogen-bond donors (Lipinski definition) is 0. The van der Waals surface area contributed by atoms with Gasteiger partial charge in [-0.3, -0.25) is 4.79 Å². The van der Waals surface area contributed by atoms with Crippen molar-refractivity contribution < 1.29 is 14.3 Å². The Balaban J connectivity index is 1.56. The molecule has 0 bridgehead atoms. The first-order valence-corrected chi connectivity index (χ1v) is 9.32. The van der Waals surface area contributed by atoms with Gasteiger partial charge in [-0.15, -0.1) is 0 Å². The molecular weight excluding hydrogens is 394 g/mol. The van der Waals surface area contributed by atoms with Gasteiger partial charge in [0, 0.05) is 23.6 Å². The highest BCUT2D eigenvalue weighted by Gasteiger charge is 2.26. The molecule has 3 rings (SSSR count). The van der Waals surface area contributed by atoms with Crippen LogP contribution in [0.25, 0.3) is 6.08 Å². The molecule has 0 aliphatic carbocycles. The standard InChI is InChI=1S/C21H20BrNO3/c1-15(26-20(24)10-9-16-5-4-8-19(22)13-16)21(25)23-12-11-17-6-2-3-7-18(17)14-23/h2-10,13,15H,11-12,14H2,1H3/b10-9+/t15-/m0/s1. The summed E-state index contributed by atoms with van der Waals surface area (Å²) in [5.41, 5.74) is 3.31. The lowest BCUT2D eigenvalue weighted by atomic mass is 9.99. The molecule has 4 nitrogen and oxygen atoms in total. The smallest absolute Gasteiger partial charge is 0.331 e. The molecule has 0 unspecified atom stereocenters. The van der Waals surface area contributed by atoms with Gasteiger partial charge >= 0.3 is 5.97 Å². The van der Waals surface area contributed by atoms with Gasteiger partial charge < -0.3 is 9.64 Å². The molecule has 1 atom stereocenters. The number of nitrogens with zero attached hydrogens (tertiary/aromatic N) is 1. The lowest BCUT2D eigenvalue weighted by Crippen LogP contribution is -2.42. The van der Waals surface area contributed by atoms with E-state index in [1.165, 1.54) is 11.6 Å². The molecule has 0 fully saturated rings. The van der Waals surface area contributed by atoms with Crippen LogP contribution < -0.4 is 0 Å². The lowest BCUT2D eigenvalue weighted by Gasteiger charge is -2.30. The molecule has 1 aliphatic rings. The first-order valence-electron chi connectivity index (χ1n) is 8.53. The van der Waals surface area contributed by atoms with Crippen LogP contribution >= 0.6 is 15.9 Å². The fraction of sp³-hybridized carbons (Fsp3) is 0.238. The summed E-state index contributed by atoms with van der Waals surface area (Å²) in [5, 5.41) is 0. The fourth-order valence-corrected chi connectivity index (χ4v) is 3.40. The minimum absolute atomic E-state index is 0.163. The molecule has 0 radical (unpaired) electrons. The average Bonchev–Trinajstić information content (AvgIpc) is 2.65. The van der Waals surface area contributed by atoms with E-state index in [0.29, 0.717) is 13.1 Å². The van der Waals surface area contributed by atoms with Crippen LogP contribution in [0.2, 0.25) is 0 Å². The minimum Gasteiger partial charge on any atom is -0.449 e. The molecular formula is C21H20BrNO3. The second-order valence-corrected chi connectivity index (χ2v) is 7.16. The molecule has 2 aromatic rings. The van der Waals surface area contributed by atoms with Crippen molar-refractivity contribution in [3.63, 3.8) is 0 Å². The van der Waals surface area contributed by atoms with E-state index in [1.54, 1.807) is 17.9 Å². The predicted octanol–water partition coefficient (Wildman–Crippen LogP) is 3.98. The van der Waals surface area contributed by atoms with Gasteiger partial charge in [0.1, 0.15) is 0 Å². The molecule has 0 saturated carbocycles. The van der Waals surface area contributed by atoms with Crippen molar-refractivity contribution in [2.75, 3.05) is 6.54 Å². The van der Waals surface area contributed by atoms with E-state index in [4.69, 9.17) is 4.74 Å². The second-order valence-electron chi connectivity index (χ2n) is 6.25. The van der Waals surface area contributed by atoms with E-state index in [2.05, 4.69) is 22.0 Å². The maximum absolute atomic E-state index is 12.6. The summed E-state index contributed by atoms with van der Waals surface area (Å²) < 4.78 is 6.21. The summed E-state index contributed by atoms with van der Waals surface area (Å²) in [4.78, 5) is 26.3. The molecule has 134 valence electrons. The number of rotatable bonds is 4. The number of amides is 1. The third-order valence-electron chi connectivity index (χ3n) is 4.34. The SMILES string of the molecule is C[C@H](OC(=O)/C=C/c1cccc(Br)c1)C(=O)N1CCc2ccccc2C1. The lowest BCUT2D eigenvalue weighted by molar-refractivity contribution is -0.155. The summed E-state index contributed by atoms with van der Waals surface area (Å²) in [5.74, 6) is -0.688. The number of carbonyl (C=O) groups excluding carboxylic acids is 2. The van der Waals surface area contributed by atoms with Gasteiger partial charge in [-0.2, -0.15) is 0 Å². The molecule has 1 aliphatic heterocycles. The average molecular weight is 414 g/mol. The number of hydrogen-bond acceptors (Lipinski definition) is 3. The summed E-state index contributed by atoms with van der Waals surface area (Å²) in [6.07, 6.45) is 3.03. The highest BCUT2D eigenvalue weighted by Crippen LogP contribution is 2.19.